The first kappa shape index (κ1) is 23.3. The van der Waals surface area contributed by atoms with Crippen LogP contribution in [-0.2, 0) is 10.0 Å². The minimum atomic E-state index is -3.64. The molecule has 2 aromatic carbocycles. The predicted molar refractivity (Wildman–Crippen MR) is 126 cm³/mol. The molecule has 2 heterocycles. The third-order valence-corrected chi connectivity index (χ3v) is 7.77. The van der Waals surface area contributed by atoms with Crippen molar-refractivity contribution >= 4 is 27.5 Å². The van der Waals surface area contributed by atoms with Crippen molar-refractivity contribution in [3.63, 3.8) is 0 Å². The molecule has 0 saturated carbocycles. The van der Waals surface area contributed by atoms with Gasteiger partial charge in [-0.2, -0.15) is 9.40 Å². The van der Waals surface area contributed by atoms with Gasteiger partial charge in [-0.1, -0.05) is 11.6 Å². The van der Waals surface area contributed by atoms with Crippen molar-refractivity contribution in [1.82, 2.24) is 19.0 Å². The van der Waals surface area contributed by atoms with Crippen LogP contribution in [0.1, 0.15) is 23.0 Å². The molecule has 0 radical (unpaired) electrons. The molecule has 1 amide bonds. The van der Waals surface area contributed by atoms with Crippen LogP contribution in [0.15, 0.2) is 59.6 Å². The average molecular weight is 489 g/mol. The monoisotopic (exact) mass is 488 g/mol. The number of piperazine rings is 1. The molecular formula is C23H25ClN4O4S. The van der Waals surface area contributed by atoms with Crippen molar-refractivity contribution in [2.75, 3.05) is 32.8 Å². The zero-order valence-corrected chi connectivity index (χ0v) is 20.0. The molecule has 4 rings (SSSR count). The Kier molecular flexibility index (Phi) is 6.73. The molecule has 8 nitrogen and oxygen atoms in total. The Balaban J connectivity index is 1.43. The summed E-state index contributed by atoms with van der Waals surface area (Å²) in [5.74, 6) is 0.465. The van der Waals surface area contributed by atoms with Crippen LogP contribution < -0.4 is 4.74 Å². The SMILES string of the molecule is CCOc1ccc(S(=O)(=O)N2CCN(C(=O)c3cnn(-c4ccc(Cl)cc4)c3C)CC2)cc1. The van der Waals surface area contributed by atoms with E-state index in [1.54, 1.807) is 52.2 Å². The van der Waals surface area contributed by atoms with Crippen LogP contribution in [0.25, 0.3) is 5.69 Å². The molecule has 1 aliphatic heterocycles. The minimum Gasteiger partial charge on any atom is -0.494 e. The number of hydrogen-bond acceptors (Lipinski definition) is 5. The highest BCUT2D eigenvalue weighted by atomic mass is 35.5. The Morgan fingerprint density at radius 2 is 1.67 bits per heavy atom. The number of benzene rings is 2. The quantitative estimate of drug-likeness (QED) is 0.531. The molecule has 1 aliphatic rings. The fourth-order valence-electron chi connectivity index (χ4n) is 3.79. The molecule has 3 aromatic rings. The average Bonchev–Trinajstić information content (AvgIpc) is 3.21. The van der Waals surface area contributed by atoms with Crippen LogP contribution in [0.3, 0.4) is 0 Å². The van der Waals surface area contributed by atoms with Gasteiger partial charge in [-0.3, -0.25) is 4.79 Å². The van der Waals surface area contributed by atoms with E-state index in [9.17, 15) is 13.2 Å². The standard InChI is InChI=1S/C23H25ClN4O4S/c1-3-32-20-8-10-21(11-9-20)33(30,31)27-14-12-26(13-15-27)23(29)22-16-25-28(17(22)2)19-6-4-18(24)5-7-19/h4-11,16H,3,12-15H2,1-2H3. The van der Waals surface area contributed by atoms with Crippen molar-refractivity contribution in [3.05, 3.63) is 71.0 Å². The normalized spacial score (nSPS) is 14.9. The van der Waals surface area contributed by atoms with Gasteiger partial charge in [0.05, 0.1) is 34.6 Å². The van der Waals surface area contributed by atoms with Gasteiger partial charge in [0.15, 0.2) is 0 Å². The van der Waals surface area contributed by atoms with E-state index in [4.69, 9.17) is 16.3 Å². The summed E-state index contributed by atoms with van der Waals surface area (Å²) in [5, 5.41) is 4.98. The van der Waals surface area contributed by atoms with E-state index >= 15 is 0 Å². The third-order valence-electron chi connectivity index (χ3n) is 5.61. The van der Waals surface area contributed by atoms with Crippen LogP contribution in [0.2, 0.25) is 5.02 Å². The van der Waals surface area contributed by atoms with Gasteiger partial charge >= 0.3 is 0 Å². The molecule has 1 aromatic heterocycles. The number of carbonyl (C=O) groups is 1. The smallest absolute Gasteiger partial charge is 0.257 e. The van der Waals surface area contributed by atoms with Gasteiger partial charge in [0.1, 0.15) is 5.75 Å². The molecule has 0 aliphatic carbocycles. The number of rotatable bonds is 6. The maximum Gasteiger partial charge on any atom is 0.257 e. The second-order valence-electron chi connectivity index (χ2n) is 7.63. The number of halogens is 1. The first-order chi connectivity index (χ1) is 15.8. The van der Waals surface area contributed by atoms with E-state index in [1.807, 2.05) is 26.0 Å². The number of nitrogens with zero attached hydrogens (tertiary/aromatic N) is 4. The molecule has 0 atom stereocenters. The van der Waals surface area contributed by atoms with Crippen molar-refractivity contribution in [2.24, 2.45) is 0 Å². The zero-order chi connectivity index (χ0) is 23.6. The van der Waals surface area contributed by atoms with E-state index in [2.05, 4.69) is 5.10 Å². The summed E-state index contributed by atoms with van der Waals surface area (Å²) in [7, 11) is -3.64. The lowest BCUT2D eigenvalue weighted by Gasteiger charge is -2.34. The fraction of sp³-hybridized carbons (Fsp3) is 0.304. The summed E-state index contributed by atoms with van der Waals surface area (Å²) in [6.45, 7) is 5.29. The highest BCUT2D eigenvalue weighted by Crippen LogP contribution is 2.22. The minimum absolute atomic E-state index is 0.161. The second kappa shape index (κ2) is 9.54. The number of sulfonamides is 1. The number of carbonyl (C=O) groups excluding carboxylic acids is 1. The summed E-state index contributed by atoms with van der Waals surface area (Å²) < 4.78 is 34.5. The molecule has 10 heteroatoms. The van der Waals surface area contributed by atoms with Gasteiger partial charge in [-0.25, -0.2) is 13.1 Å². The van der Waals surface area contributed by atoms with Gasteiger partial charge in [0, 0.05) is 31.2 Å². The van der Waals surface area contributed by atoms with Crippen LogP contribution in [-0.4, -0.2) is 66.1 Å². The van der Waals surface area contributed by atoms with E-state index in [1.165, 1.54) is 4.31 Å². The Morgan fingerprint density at radius 1 is 1.03 bits per heavy atom. The largest absolute Gasteiger partial charge is 0.494 e. The Morgan fingerprint density at radius 3 is 2.27 bits per heavy atom. The van der Waals surface area contributed by atoms with Crippen molar-refractivity contribution < 1.29 is 17.9 Å². The topological polar surface area (TPSA) is 84.7 Å². The first-order valence-electron chi connectivity index (χ1n) is 10.6. The van der Waals surface area contributed by atoms with Crippen molar-refractivity contribution in [2.45, 2.75) is 18.7 Å². The molecule has 0 unspecified atom stereocenters. The summed E-state index contributed by atoms with van der Waals surface area (Å²) in [6.07, 6.45) is 1.55. The van der Waals surface area contributed by atoms with Gasteiger partial charge < -0.3 is 9.64 Å². The second-order valence-corrected chi connectivity index (χ2v) is 10.0. The maximum atomic E-state index is 13.1. The molecule has 1 fully saturated rings. The van der Waals surface area contributed by atoms with Crippen LogP contribution in [0.5, 0.6) is 5.75 Å². The number of hydrogen-bond donors (Lipinski definition) is 0. The molecule has 0 spiro atoms. The van der Waals surface area contributed by atoms with E-state index in [0.717, 1.165) is 5.69 Å². The van der Waals surface area contributed by atoms with Crippen LogP contribution in [0.4, 0.5) is 0 Å². The lowest BCUT2D eigenvalue weighted by Crippen LogP contribution is -2.50. The Hall–Kier alpha value is -2.88. The summed E-state index contributed by atoms with van der Waals surface area (Å²) in [5.41, 5.74) is 2.02. The number of aromatic nitrogens is 2. The van der Waals surface area contributed by atoms with E-state index < -0.39 is 10.0 Å². The molecular weight excluding hydrogens is 464 g/mol. The zero-order valence-electron chi connectivity index (χ0n) is 18.4. The van der Waals surface area contributed by atoms with Gasteiger partial charge in [0.2, 0.25) is 10.0 Å². The first-order valence-corrected chi connectivity index (χ1v) is 12.5. The Labute approximate surface area is 198 Å². The Bertz CT molecular complexity index is 1230. The van der Waals surface area contributed by atoms with Crippen LogP contribution in [0, 0.1) is 6.92 Å². The summed E-state index contributed by atoms with van der Waals surface area (Å²) in [6, 6.07) is 13.6. The molecule has 0 N–H and O–H groups in total. The lowest BCUT2D eigenvalue weighted by molar-refractivity contribution is 0.0697. The lowest BCUT2D eigenvalue weighted by atomic mass is 10.2. The molecule has 1 saturated heterocycles. The third kappa shape index (κ3) is 4.75. The van der Waals surface area contributed by atoms with Crippen molar-refractivity contribution in [1.29, 1.82) is 0 Å². The fourth-order valence-corrected chi connectivity index (χ4v) is 5.34. The molecule has 33 heavy (non-hydrogen) atoms. The maximum absolute atomic E-state index is 13.1. The highest BCUT2D eigenvalue weighted by Gasteiger charge is 2.31. The highest BCUT2D eigenvalue weighted by molar-refractivity contribution is 7.89. The summed E-state index contributed by atoms with van der Waals surface area (Å²) >= 11 is 5.96. The van der Waals surface area contributed by atoms with Crippen molar-refractivity contribution in [3.8, 4) is 11.4 Å². The number of amides is 1. The molecule has 174 valence electrons. The molecule has 0 bridgehead atoms. The van der Waals surface area contributed by atoms with E-state index in [-0.39, 0.29) is 23.9 Å². The van der Waals surface area contributed by atoms with Gasteiger partial charge in [-0.15, -0.1) is 0 Å². The summed E-state index contributed by atoms with van der Waals surface area (Å²) in [4.78, 5) is 15.0. The number of ether oxygens (including phenoxy) is 1. The van der Waals surface area contributed by atoms with Gasteiger partial charge in [-0.05, 0) is 62.4 Å². The van der Waals surface area contributed by atoms with E-state index in [0.29, 0.717) is 41.7 Å². The van der Waals surface area contributed by atoms with Crippen LogP contribution >= 0.6 is 11.6 Å². The predicted octanol–water partition coefficient (Wildman–Crippen LogP) is 3.38. The van der Waals surface area contributed by atoms with Gasteiger partial charge in [0.25, 0.3) is 5.91 Å².